The first kappa shape index (κ1) is 16.2. The molecule has 2 aromatic carbocycles. The van der Waals surface area contributed by atoms with E-state index in [4.69, 9.17) is 0 Å². The Balaban J connectivity index is 1.84. The number of aromatic nitrogens is 2. The Labute approximate surface area is 143 Å². The number of nitro benzene ring substituents is 1. The van der Waals surface area contributed by atoms with Gasteiger partial charge in [-0.25, -0.2) is 0 Å². The largest absolute Gasteiger partial charge is 0.383 e. The van der Waals surface area contributed by atoms with Crippen LogP contribution < -0.4 is 10.6 Å². The molecular formula is C17H15N5O3. The number of H-pyrrole nitrogens is 1. The van der Waals surface area contributed by atoms with E-state index in [0.29, 0.717) is 11.4 Å². The number of rotatable bonds is 5. The molecule has 25 heavy (non-hydrogen) atoms. The third kappa shape index (κ3) is 3.47. The Morgan fingerprint density at radius 1 is 1.20 bits per heavy atom. The highest BCUT2D eigenvalue weighted by Gasteiger charge is 2.17. The van der Waals surface area contributed by atoms with Gasteiger partial charge >= 0.3 is 0 Å². The Morgan fingerprint density at radius 3 is 2.72 bits per heavy atom. The fraction of sp³-hybridized carbons (Fsp3) is 0.0588. The highest BCUT2D eigenvalue weighted by atomic mass is 16.6. The first-order chi connectivity index (χ1) is 12.1. The third-order valence-corrected chi connectivity index (χ3v) is 3.66. The van der Waals surface area contributed by atoms with Crippen LogP contribution in [-0.4, -0.2) is 28.1 Å². The number of nitro groups is 1. The number of aromatic amines is 1. The standard InChI is InChI=1S/C17H15N5O3/c1-18-15-6-5-12(10-16(15)22(24)25)17(23)20-13-4-2-3-11(9-13)14-7-8-19-21-14/h2-10,18H,1H3,(H,19,21)(H,20,23). The van der Waals surface area contributed by atoms with Crippen molar-refractivity contribution < 1.29 is 9.72 Å². The van der Waals surface area contributed by atoms with Crippen molar-refractivity contribution in [1.82, 2.24) is 10.2 Å². The first-order valence-corrected chi connectivity index (χ1v) is 7.46. The summed E-state index contributed by atoms with van der Waals surface area (Å²) in [4.78, 5) is 23.0. The SMILES string of the molecule is CNc1ccc(C(=O)Nc2cccc(-c3ccn[nH]3)c2)cc1[N+](=O)[O-]. The van der Waals surface area contributed by atoms with Crippen LogP contribution in [0.5, 0.6) is 0 Å². The Bertz CT molecular complexity index is 922. The maximum Gasteiger partial charge on any atom is 0.293 e. The molecule has 0 atom stereocenters. The van der Waals surface area contributed by atoms with Crippen molar-refractivity contribution in [1.29, 1.82) is 0 Å². The first-order valence-electron chi connectivity index (χ1n) is 7.46. The maximum absolute atomic E-state index is 12.4. The van der Waals surface area contributed by atoms with Gasteiger partial charge < -0.3 is 10.6 Å². The van der Waals surface area contributed by atoms with Gasteiger partial charge in [0.25, 0.3) is 11.6 Å². The van der Waals surface area contributed by atoms with Gasteiger partial charge in [0, 0.05) is 36.1 Å². The van der Waals surface area contributed by atoms with Gasteiger partial charge in [0.15, 0.2) is 0 Å². The van der Waals surface area contributed by atoms with E-state index >= 15 is 0 Å². The van der Waals surface area contributed by atoms with Crippen LogP contribution in [0.2, 0.25) is 0 Å². The maximum atomic E-state index is 12.4. The number of benzene rings is 2. The molecule has 3 N–H and O–H groups in total. The summed E-state index contributed by atoms with van der Waals surface area (Å²) in [6.45, 7) is 0. The molecule has 0 radical (unpaired) electrons. The van der Waals surface area contributed by atoms with Crippen molar-refractivity contribution in [3.05, 3.63) is 70.4 Å². The summed E-state index contributed by atoms with van der Waals surface area (Å²) in [6.07, 6.45) is 1.64. The van der Waals surface area contributed by atoms with Gasteiger partial charge in [-0.1, -0.05) is 12.1 Å². The molecule has 0 fully saturated rings. The zero-order chi connectivity index (χ0) is 17.8. The van der Waals surface area contributed by atoms with E-state index in [9.17, 15) is 14.9 Å². The van der Waals surface area contributed by atoms with Gasteiger partial charge in [-0.2, -0.15) is 5.10 Å². The summed E-state index contributed by atoms with van der Waals surface area (Å²) in [5.74, 6) is -0.424. The molecular weight excluding hydrogens is 322 g/mol. The van der Waals surface area contributed by atoms with Gasteiger partial charge in [0.2, 0.25) is 0 Å². The summed E-state index contributed by atoms with van der Waals surface area (Å²) in [5.41, 5.74) is 2.68. The lowest BCUT2D eigenvalue weighted by molar-refractivity contribution is -0.384. The lowest BCUT2D eigenvalue weighted by atomic mass is 10.1. The minimum absolute atomic E-state index is 0.152. The van der Waals surface area contributed by atoms with E-state index in [2.05, 4.69) is 20.8 Å². The topological polar surface area (TPSA) is 113 Å². The quantitative estimate of drug-likeness (QED) is 0.488. The Hall–Kier alpha value is -3.68. The smallest absolute Gasteiger partial charge is 0.293 e. The fourth-order valence-electron chi connectivity index (χ4n) is 2.42. The molecule has 8 nitrogen and oxygen atoms in total. The van der Waals surface area contributed by atoms with Crippen molar-refractivity contribution in [3.8, 4) is 11.3 Å². The number of nitrogens with zero attached hydrogens (tertiary/aromatic N) is 2. The van der Waals surface area contributed by atoms with E-state index in [1.165, 1.54) is 18.2 Å². The summed E-state index contributed by atoms with van der Waals surface area (Å²) >= 11 is 0. The summed E-state index contributed by atoms with van der Waals surface area (Å²) < 4.78 is 0. The molecule has 0 saturated carbocycles. The molecule has 0 unspecified atom stereocenters. The highest BCUT2D eigenvalue weighted by molar-refractivity contribution is 6.05. The number of carbonyl (C=O) groups excluding carboxylic acids is 1. The van der Waals surface area contributed by atoms with Gasteiger partial charge in [-0.3, -0.25) is 20.0 Å². The fourth-order valence-corrected chi connectivity index (χ4v) is 2.42. The summed E-state index contributed by atoms with van der Waals surface area (Å²) in [7, 11) is 1.59. The number of amides is 1. The molecule has 8 heteroatoms. The molecule has 0 spiro atoms. The molecule has 0 saturated heterocycles. The minimum Gasteiger partial charge on any atom is -0.383 e. The monoisotopic (exact) mass is 337 g/mol. The average molecular weight is 337 g/mol. The molecule has 0 aliphatic carbocycles. The molecule has 0 aliphatic rings. The van der Waals surface area contributed by atoms with E-state index < -0.39 is 10.8 Å². The van der Waals surface area contributed by atoms with E-state index in [0.717, 1.165) is 11.3 Å². The molecule has 1 aromatic heterocycles. The van der Waals surface area contributed by atoms with Crippen LogP contribution in [-0.2, 0) is 0 Å². The minimum atomic E-state index is -0.526. The van der Waals surface area contributed by atoms with E-state index in [1.807, 2.05) is 12.1 Å². The average Bonchev–Trinajstić information content (AvgIpc) is 3.16. The van der Waals surface area contributed by atoms with Crippen LogP contribution in [0.15, 0.2) is 54.7 Å². The Morgan fingerprint density at radius 2 is 2.04 bits per heavy atom. The van der Waals surface area contributed by atoms with Gasteiger partial charge in [-0.15, -0.1) is 0 Å². The second-order valence-corrected chi connectivity index (χ2v) is 5.24. The zero-order valence-corrected chi connectivity index (χ0v) is 13.3. The Kier molecular flexibility index (Phi) is 4.42. The van der Waals surface area contributed by atoms with Crippen molar-refractivity contribution >= 4 is 23.0 Å². The number of hydrogen-bond acceptors (Lipinski definition) is 5. The van der Waals surface area contributed by atoms with Crippen LogP contribution in [0.4, 0.5) is 17.1 Å². The normalized spacial score (nSPS) is 10.3. The van der Waals surface area contributed by atoms with Crippen LogP contribution in [0.25, 0.3) is 11.3 Å². The van der Waals surface area contributed by atoms with Gasteiger partial charge in [0.05, 0.1) is 10.6 Å². The van der Waals surface area contributed by atoms with E-state index in [-0.39, 0.29) is 11.3 Å². The summed E-state index contributed by atoms with van der Waals surface area (Å²) in [6, 6.07) is 13.3. The molecule has 126 valence electrons. The van der Waals surface area contributed by atoms with E-state index in [1.54, 1.807) is 31.4 Å². The van der Waals surface area contributed by atoms with Gasteiger partial charge in [0.1, 0.15) is 5.69 Å². The number of anilines is 2. The predicted octanol–water partition coefficient (Wildman–Crippen LogP) is 3.28. The molecule has 3 aromatic rings. The number of carbonyl (C=O) groups is 1. The van der Waals surface area contributed by atoms with Crippen molar-refractivity contribution in [3.63, 3.8) is 0 Å². The molecule has 3 rings (SSSR count). The summed E-state index contributed by atoms with van der Waals surface area (Å²) in [5, 5.41) is 23.3. The van der Waals surface area contributed by atoms with Crippen LogP contribution in [0.1, 0.15) is 10.4 Å². The van der Waals surface area contributed by atoms with Crippen molar-refractivity contribution in [2.75, 3.05) is 17.7 Å². The second-order valence-electron chi connectivity index (χ2n) is 5.24. The molecule has 1 heterocycles. The highest BCUT2D eigenvalue weighted by Crippen LogP contribution is 2.26. The lowest BCUT2D eigenvalue weighted by Gasteiger charge is -2.08. The van der Waals surface area contributed by atoms with Crippen LogP contribution >= 0.6 is 0 Å². The second kappa shape index (κ2) is 6.83. The van der Waals surface area contributed by atoms with Crippen LogP contribution in [0, 0.1) is 10.1 Å². The molecule has 0 aliphatic heterocycles. The molecule has 1 amide bonds. The lowest BCUT2D eigenvalue weighted by Crippen LogP contribution is -2.12. The van der Waals surface area contributed by atoms with Crippen molar-refractivity contribution in [2.24, 2.45) is 0 Å². The number of nitrogens with one attached hydrogen (secondary N) is 3. The van der Waals surface area contributed by atoms with Crippen molar-refractivity contribution in [2.45, 2.75) is 0 Å². The predicted molar refractivity (Wildman–Crippen MR) is 94.6 cm³/mol. The number of hydrogen-bond donors (Lipinski definition) is 3. The molecule has 0 bridgehead atoms. The zero-order valence-electron chi connectivity index (χ0n) is 13.3. The van der Waals surface area contributed by atoms with Gasteiger partial charge in [-0.05, 0) is 30.3 Å². The van der Waals surface area contributed by atoms with Crippen LogP contribution in [0.3, 0.4) is 0 Å². The third-order valence-electron chi connectivity index (χ3n) is 3.66.